The van der Waals surface area contributed by atoms with E-state index in [0.717, 1.165) is 0 Å². The van der Waals surface area contributed by atoms with Gasteiger partial charge in [0.15, 0.2) is 0 Å². The summed E-state index contributed by atoms with van der Waals surface area (Å²) >= 11 is 0. The van der Waals surface area contributed by atoms with Crippen LogP contribution in [-0.2, 0) is 9.53 Å². The van der Waals surface area contributed by atoms with Crippen LogP contribution in [0.2, 0.25) is 0 Å². The zero-order chi connectivity index (χ0) is 5.70. The van der Waals surface area contributed by atoms with Crippen molar-refractivity contribution in [1.82, 2.24) is 0 Å². The molecule has 3 heteroatoms. The van der Waals surface area contributed by atoms with Crippen LogP contribution in [0.4, 0.5) is 0 Å². The molecule has 0 aromatic carbocycles. The molecule has 0 aliphatic rings. The van der Waals surface area contributed by atoms with Gasteiger partial charge in [-0.05, 0) is 0 Å². The second-order valence-electron chi connectivity index (χ2n) is 1.09. The molecule has 0 spiro atoms. The Bertz CT molecular complexity index is 80.5. The molecule has 48 valence electrons. The van der Waals surface area contributed by atoms with E-state index in [0.29, 0.717) is 6.61 Å². The normalized spacial score (nSPS) is 6.62. The number of ether oxygens (including phenoxy) is 1. The van der Waals surface area contributed by atoms with E-state index < -0.39 is 0 Å². The molecule has 0 bridgehead atoms. The third kappa shape index (κ3) is 9.38. The van der Waals surface area contributed by atoms with Crippen molar-refractivity contribution in [3.63, 3.8) is 0 Å². The summed E-state index contributed by atoms with van der Waals surface area (Å²) in [6.07, 6.45) is 1.53. The van der Waals surface area contributed by atoms with E-state index in [2.05, 4.69) is 11.3 Å². The van der Waals surface area contributed by atoms with Crippen molar-refractivity contribution in [2.45, 2.75) is 6.92 Å². The molecule has 0 aromatic heterocycles. The molecule has 0 N–H and O–H groups in total. The van der Waals surface area contributed by atoms with Crippen LogP contribution in [0.1, 0.15) is 6.92 Å². The van der Waals surface area contributed by atoms with Gasteiger partial charge in [-0.2, -0.15) is 0 Å². The Morgan fingerprint density at radius 3 is 2.50 bits per heavy atom. The van der Waals surface area contributed by atoms with Crippen LogP contribution in [0.25, 0.3) is 0 Å². The molecule has 0 fully saturated rings. The number of hydrogen-bond acceptors (Lipinski definition) is 2. The predicted octanol–water partition coefficient (Wildman–Crippen LogP) is -0.716. The van der Waals surface area contributed by atoms with Gasteiger partial charge >= 0.3 is 29.9 Å². The first-order valence-corrected chi connectivity index (χ1v) is 2.01. The maximum absolute atomic E-state index is 9.93. The Morgan fingerprint density at radius 2 is 2.38 bits per heavy atom. The molecule has 0 unspecified atom stereocenters. The quantitative estimate of drug-likeness (QED) is 0.351. The minimum atomic E-state index is -0.264. The van der Waals surface area contributed by atoms with Crippen LogP contribution in [0, 0.1) is 0 Å². The average molecular weight is 223 g/mol. The van der Waals surface area contributed by atoms with Crippen molar-refractivity contribution >= 4 is 29.9 Å². The SMILES string of the molecule is C=CCOC(C)=O.[SnH4]. The van der Waals surface area contributed by atoms with Gasteiger partial charge in [0.25, 0.3) is 0 Å². The van der Waals surface area contributed by atoms with E-state index in [4.69, 9.17) is 0 Å². The van der Waals surface area contributed by atoms with Gasteiger partial charge in [0, 0.05) is 6.92 Å². The molecule has 0 aromatic rings. The molecule has 2 nitrogen and oxygen atoms in total. The number of rotatable bonds is 2. The number of carbonyl (C=O) groups excluding carboxylic acids is 1. The van der Waals surface area contributed by atoms with E-state index in [1.807, 2.05) is 0 Å². The summed E-state index contributed by atoms with van der Waals surface area (Å²) in [4.78, 5) is 9.93. The summed E-state index contributed by atoms with van der Waals surface area (Å²) in [7, 11) is 0. The minimum absolute atomic E-state index is 0. The maximum atomic E-state index is 9.93. The van der Waals surface area contributed by atoms with Gasteiger partial charge in [0.05, 0.1) is 0 Å². The van der Waals surface area contributed by atoms with Crippen molar-refractivity contribution in [3.05, 3.63) is 12.7 Å². The summed E-state index contributed by atoms with van der Waals surface area (Å²) in [5.74, 6) is -0.264. The standard InChI is InChI=1S/C5H8O2.Sn.4H/c1-3-4-7-5(2)6;;;;;/h3H,1,4H2,2H3;;;;;. The van der Waals surface area contributed by atoms with Gasteiger partial charge in [-0.15, -0.1) is 0 Å². The van der Waals surface area contributed by atoms with Crippen LogP contribution in [0.3, 0.4) is 0 Å². The van der Waals surface area contributed by atoms with Crippen molar-refractivity contribution < 1.29 is 9.53 Å². The Labute approximate surface area is 65.9 Å². The van der Waals surface area contributed by atoms with E-state index >= 15 is 0 Å². The average Bonchev–Trinajstić information content (AvgIpc) is 1.61. The Balaban J connectivity index is 0. The first kappa shape index (κ1) is 10.9. The number of carbonyl (C=O) groups is 1. The van der Waals surface area contributed by atoms with Crippen LogP contribution in [0.5, 0.6) is 0 Å². The third-order valence-electron chi connectivity index (χ3n) is 0.404. The molecule has 0 aliphatic heterocycles. The van der Waals surface area contributed by atoms with Gasteiger partial charge in [-0.1, -0.05) is 12.7 Å². The van der Waals surface area contributed by atoms with E-state index in [1.165, 1.54) is 13.0 Å². The van der Waals surface area contributed by atoms with E-state index in [1.54, 1.807) is 0 Å². The molecular formula is C5H12O2Sn. The van der Waals surface area contributed by atoms with Gasteiger partial charge < -0.3 is 4.74 Å². The van der Waals surface area contributed by atoms with Gasteiger partial charge in [-0.3, -0.25) is 4.79 Å². The van der Waals surface area contributed by atoms with Crippen LogP contribution < -0.4 is 0 Å². The second kappa shape index (κ2) is 7.01. The Hall–Kier alpha value is 0.00870. The first-order valence-electron chi connectivity index (χ1n) is 2.01. The molecule has 0 rings (SSSR count). The van der Waals surface area contributed by atoms with Gasteiger partial charge in [-0.25, -0.2) is 0 Å². The third-order valence-corrected chi connectivity index (χ3v) is 0.404. The summed E-state index contributed by atoms with van der Waals surface area (Å²) in [5.41, 5.74) is 0. The fourth-order valence-corrected chi connectivity index (χ4v) is 0.176. The summed E-state index contributed by atoms with van der Waals surface area (Å²) in [6.45, 7) is 5.03. The van der Waals surface area contributed by atoms with Gasteiger partial charge in [0.1, 0.15) is 6.61 Å². The fourth-order valence-electron chi connectivity index (χ4n) is 0.176. The molecule has 0 amide bonds. The van der Waals surface area contributed by atoms with Crippen molar-refractivity contribution in [2.24, 2.45) is 0 Å². The van der Waals surface area contributed by atoms with Crippen molar-refractivity contribution in [2.75, 3.05) is 6.61 Å². The second-order valence-corrected chi connectivity index (χ2v) is 1.09. The van der Waals surface area contributed by atoms with Crippen molar-refractivity contribution in [1.29, 1.82) is 0 Å². The molecule has 0 atom stereocenters. The summed E-state index contributed by atoms with van der Waals surface area (Å²) in [5, 5.41) is 0. The zero-order valence-electron chi connectivity index (χ0n) is 4.31. The number of esters is 1. The molecule has 0 aliphatic carbocycles. The molecule has 0 saturated carbocycles. The first-order chi connectivity index (χ1) is 3.27. The van der Waals surface area contributed by atoms with Crippen LogP contribution in [0.15, 0.2) is 12.7 Å². The Kier molecular flexibility index (Phi) is 9.55. The number of hydrogen-bond donors (Lipinski definition) is 0. The van der Waals surface area contributed by atoms with E-state index in [9.17, 15) is 4.79 Å². The predicted molar refractivity (Wildman–Crippen MR) is 38.2 cm³/mol. The molecule has 0 radical (unpaired) electrons. The van der Waals surface area contributed by atoms with E-state index in [-0.39, 0.29) is 29.9 Å². The molecular weight excluding hydrogens is 211 g/mol. The fraction of sp³-hybridized carbons (Fsp3) is 0.400. The molecule has 0 saturated heterocycles. The summed E-state index contributed by atoms with van der Waals surface area (Å²) < 4.78 is 4.43. The summed E-state index contributed by atoms with van der Waals surface area (Å²) in [6, 6.07) is 0. The van der Waals surface area contributed by atoms with Gasteiger partial charge in [0.2, 0.25) is 0 Å². The monoisotopic (exact) mass is 224 g/mol. The topological polar surface area (TPSA) is 26.3 Å². The Morgan fingerprint density at radius 1 is 1.88 bits per heavy atom. The van der Waals surface area contributed by atoms with Crippen LogP contribution >= 0.6 is 0 Å². The molecule has 0 heterocycles. The molecule has 8 heavy (non-hydrogen) atoms. The van der Waals surface area contributed by atoms with Crippen LogP contribution in [-0.4, -0.2) is 36.5 Å². The zero-order valence-corrected chi connectivity index (χ0v) is 4.31. The van der Waals surface area contributed by atoms with Crippen molar-refractivity contribution in [3.8, 4) is 0 Å².